The van der Waals surface area contributed by atoms with Gasteiger partial charge >= 0.3 is 6.92 Å². The molecule has 2 aromatic rings. The molecule has 0 unspecified atom stereocenters. The van der Waals surface area contributed by atoms with Crippen LogP contribution < -0.4 is 5.46 Å². The van der Waals surface area contributed by atoms with E-state index in [2.05, 4.69) is 0 Å². The SMILES string of the molecule is CB1OC(C)(C)c2ccc(CC(=O)c3ccc(F)cc3Cl)cc21. The third-order valence-corrected chi connectivity index (χ3v) is 4.58. The van der Waals surface area contributed by atoms with Crippen molar-refractivity contribution >= 4 is 29.8 Å². The zero-order chi connectivity index (χ0) is 16.8. The molecule has 0 radical (unpaired) electrons. The van der Waals surface area contributed by atoms with Gasteiger partial charge in [0.2, 0.25) is 0 Å². The third-order valence-electron chi connectivity index (χ3n) is 4.27. The lowest BCUT2D eigenvalue weighted by molar-refractivity contribution is 0.0993. The lowest BCUT2D eigenvalue weighted by Crippen LogP contribution is -2.25. The Morgan fingerprint density at radius 3 is 2.70 bits per heavy atom. The smallest absolute Gasteiger partial charge is 0.325 e. The lowest BCUT2D eigenvalue weighted by atomic mass is 9.63. The van der Waals surface area contributed by atoms with Gasteiger partial charge in [0.1, 0.15) is 5.82 Å². The topological polar surface area (TPSA) is 26.3 Å². The summed E-state index contributed by atoms with van der Waals surface area (Å²) in [4.78, 5) is 12.4. The molecular weight excluding hydrogens is 313 g/mol. The van der Waals surface area contributed by atoms with Gasteiger partial charge in [-0.15, -0.1) is 0 Å². The highest BCUT2D eigenvalue weighted by Crippen LogP contribution is 2.30. The normalized spacial score (nSPS) is 15.6. The van der Waals surface area contributed by atoms with Crippen molar-refractivity contribution in [2.24, 2.45) is 0 Å². The molecule has 0 aromatic heterocycles. The molecule has 5 heteroatoms. The van der Waals surface area contributed by atoms with Crippen LogP contribution in [0.15, 0.2) is 36.4 Å². The minimum absolute atomic E-state index is 0.00413. The second kappa shape index (κ2) is 5.77. The summed E-state index contributed by atoms with van der Waals surface area (Å²) in [6.45, 7) is 6.09. The number of hydrogen-bond donors (Lipinski definition) is 0. The fraction of sp³-hybridized carbons (Fsp3) is 0.278. The van der Waals surface area contributed by atoms with Gasteiger partial charge in [0.25, 0.3) is 0 Å². The van der Waals surface area contributed by atoms with Gasteiger partial charge in [0.15, 0.2) is 5.78 Å². The predicted octanol–water partition coefficient (Wildman–Crippen LogP) is 4.00. The van der Waals surface area contributed by atoms with Gasteiger partial charge in [-0.05, 0) is 48.6 Å². The molecule has 2 nitrogen and oxygen atoms in total. The fourth-order valence-corrected chi connectivity index (χ4v) is 3.44. The van der Waals surface area contributed by atoms with Crippen molar-refractivity contribution in [3.05, 3.63) is 63.9 Å². The number of hydrogen-bond acceptors (Lipinski definition) is 2. The first-order valence-electron chi connectivity index (χ1n) is 7.57. The molecule has 1 aliphatic rings. The van der Waals surface area contributed by atoms with Gasteiger partial charge in [-0.2, -0.15) is 0 Å². The van der Waals surface area contributed by atoms with Crippen molar-refractivity contribution in [2.75, 3.05) is 0 Å². The molecule has 23 heavy (non-hydrogen) atoms. The van der Waals surface area contributed by atoms with E-state index in [9.17, 15) is 9.18 Å². The van der Waals surface area contributed by atoms with Gasteiger partial charge in [-0.1, -0.05) is 36.6 Å². The minimum atomic E-state index is -0.447. The van der Waals surface area contributed by atoms with Crippen LogP contribution in [0, 0.1) is 5.82 Å². The minimum Gasteiger partial charge on any atom is -0.422 e. The van der Waals surface area contributed by atoms with Crippen molar-refractivity contribution in [2.45, 2.75) is 32.7 Å². The Morgan fingerprint density at radius 2 is 2.00 bits per heavy atom. The summed E-state index contributed by atoms with van der Waals surface area (Å²) in [6, 6.07) is 9.83. The number of benzene rings is 2. The molecule has 1 aliphatic heterocycles. The number of halogens is 2. The highest BCUT2D eigenvalue weighted by atomic mass is 35.5. The number of carbonyl (C=O) groups is 1. The molecular formula is C18H17BClFO2. The van der Waals surface area contributed by atoms with Gasteiger partial charge in [-0.3, -0.25) is 4.79 Å². The second-order valence-corrected chi connectivity index (χ2v) is 6.82. The zero-order valence-electron chi connectivity index (χ0n) is 13.3. The third kappa shape index (κ3) is 3.06. The fourth-order valence-electron chi connectivity index (χ4n) is 3.17. The number of rotatable bonds is 3. The number of fused-ring (bicyclic) bond motifs is 1. The molecule has 0 atom stereocenters. The molecule has 118 valence electrons. The molecule has 0 amide bonds. The standard InChI is InChI=1S/C18H17BClFO2/c1-18(2)14-7-4-11(8-15(14)19(3)23-18)9-17(22)13-6-5-12(21)10-16(13)20/h4-8,10H,9H2,1-3H3. The Bertz CT molecular complexity index is 789. The van der Waals surface area contributed by atoms with E-state index in [-0.39, 0.29) is 29.7 Å². The lowest BCUT2D eigenvalue weighted by Gasteiger charge is -2.20. The summed E-state index contributed by atoms with van der Waals surface area (Å²) >= 11 is 5.96. The van der Waals surface area contributed by atoms with Crippen LogP contribution in [-0.2, 0) is 16.7 Å². The Hall–Kier alpha value is -1.65. The summed E-state index contributed by atoms with van der Waals surface area (Å²) in [5, 5.41) is 0.147. The molecule has 0 saturated carbocycles. The summed E-state index contributed by atoms with van der Waals surface area (Å²) in [6.07, 6.45) is 0.228. The van der Waals surface area contributed by atoms with E-state index >= 15 is 0 Å². The maximum atomic E-state index is 13.1. The number of Topliss-reactive ketones (excluding diaryl/α,β-unsaturated/α-hetero) is 1. The Labute approximate surface area is 140 Å². The predicted molar refractivity (Wildman–Crippen MR) is 91.2 cm³/mol. The van der Waals surface area contributed by atoms with Gasteiger partial charge in [-0.25, -0.2) is 4.39 Å². The van der Waals surface area contributed by atoms with Crippen LogP contribution in [0.5, 0.6) is 0 Å². The van der Waals surface area contributed by atoms with Crippen molar-refractivity contribution in [1.82, 2.24) is 0 Å². The van der Waals surface area contributed by atoms with E-state index in [1.165, 1.54) is 12.1 Å². The molecule has 0 N–H and O–H groups in total. The molecule has 0 bridgehead atoms. The highest BCUT2D eigenvalue weighted by Gasteiger charge is 2.37. The molecule has 0 aliphatic carbocycles. The molecule has 3 rings (SSSR count). The summed E-state index contributed by atoms with van der Waals surface area (Å²) < 4.78 is 19.0. The van der Waals surface area contributed by atoms with E-state index in [4.69, 9.17) is 16.3 Å². The number of ketones is 1. The Morgan fingerprint density at radius 1 is 1.26 bits per heavy atom. The first-order valence-corrected chi connectivity index (χ1v) is 7.95. The van der Waals surface area contributed by atoms with Gasteiger partial charge in [0.05, 0.1) is 10.6 Å². The average Bonchev–Trinajstić information content (AvgIpc) is 2.68. The molecule has 2 aromatic carbocycles. The Balaban J connectivity index is 1.87. The monoisotopic (exact) mass is 330 g/mol. The largest absolute Gasteiger partial charge is 0.422 e. The molecule has 1 heterocycles. The maximum Gasteiger partial charge on any atom is 0.325 e. The van der Waals surface area contributed by atoms with Crippen LogP contribution in [0.4, 0.5) is 4.39 Å². The van der Waals surface area contributed by atoms with Gasteiger partial charge in [0, 0.05) is 12.0 Å². The van der Waals surface area contributed by atoms with Crippen molar-refractivity contribution in [1.29, 1.82) is 0 Å². The van der Waals surface area contributed by atoms with E-state index in [1.807, 2.05) is 38.9 Å². The highest BCUT2D eigenvalue weighted by molar-refractivity contribution is 6.67. The quantitative estimate of drug-likeness (QED) is 0.628. The van der Waals surface area contributed by atoms with E-state index in [1.54, 1.807) is 0 Å². The van der Waals surface area contributed by atoms with Crippen LogP contribution in [0.1, 0.15) is 35.3 Å². The average molecular weight is 331 g/mol. The first-order chi connectivity index (χ1) is 10.8. The zero-order valence-corrected chi connectivity index (χ0v) is 14.1. The summed E-state index contributed by atoms with van der Waals surface area (Å²) in [5.74, 6) is -0.571. The van der Waals surface area contributed by atoms with E-state index < -0.39 is 5.82 Å². The van der Waals surface area contributed by atoms with E-state index in [0.717, 1.165) is 22.7 Å². The molecule has 0 saturated heterocycles. The van der Waals surface area contributed by atoms with Crippen molar-refractivity contribution < 1.29 is 13.8 Å². The Kier molecular flexibility index (Phi) is 4.07. The van der Waals surface area contributed by atoms with E-state index in [0.29, 0.717) is 5.56 Å². The van der Waals surface area contributed by atoms with Crippen LogP contribution in [0.3, 0.4) is 0 Å². The van der Waals surface area contributed by atoms with Crippen molar-refractivity contribution in [3.63, 3.8) is 0 Å². The summed E-state index contributed by atoms with van der Waals surface area (Å²) in [5.41, 5.74) is 3.21. The van der Waals surface area contributed by atoms with Crippen LogP contribution in [0.25, 0.3) is 0 Å². The summed E-state index contributed by atoms with van der Waals surface area (Å²) in [7, 11) is 0. The number of carbonyl (C=O) groups excluding carboxylic acids is 1. The first kappa shape index (κ1) is 16.2. The van der Waals surface area contributed by atoms with Crippen LogP contribution in [-0.4, -0.2) is 12.7 Å². The van der Waals surface area contributed by atoms with Gasteiger partial charge < -0.3 is 4.65 Å². The second-order valence-electron chi connectivity index (χ2n) is 6.42. The molecule has 0 spiro atoms. The molecule has 0 fully saturated rings. The maximum absolute atomic E-state index is 13.1. The van der Waals surface area contributed by atoms with Crippen LogP contribution in [0.2, 0.25) is 11.8 Å². The van der Waals surface area contributed by atoms with Crippen molar-refractivity contribution in [3.8, 4) is 0 Å². The van der Waals surface area contributed by atoms with Crippen LogP contribution >= 0.6 is 11.6 Å².